The van der Waals surface area contributed by atoms with E-state index in [4.69, 9.17) is 9.72 Å². The maximum atomic E-state index is 11.6. The van der Waals surface area contributed by atoms with E-state index >= 15 is 0 Å². The number of methoxy groups -OCH3 is 1. The van der Waals surface area contributed by atoms with Gasteiger partial charge in [0.05, 0.1) is 28.3 Å². The van der Waals surface area contributed by atoms with Crippen LogP contribution in [0.3, 0.4) is 0 Å². The van der Waals surface area contributed by atoms with Gasteiger partial charge < -0.3 is 4.74 Å². The Morgan fingerprint density at radius 1 is 1.27 bits per heavy atom. The lowest BCUT2D eigenvalue weighted by Crippen LogP contribution is -2.00. The Hall–Kier alpha value is -1.68. The van der Waals surface area contributed by atoms with Crippen LogP contribution >= 0.6 is 11.3 Å². The highest BCUT2D eigenvalue weighted by atomic mass is 32.1. The second kappa shape index (κ2) is 6.61. The van der Waals surface area contributed by atoms with Gasteiger partial charge in [-0.3, -0.25) is 0 Å². The third kappa shape index (κ3) is 2.93. The van der Waals surface area contributed by atoms with Gasteiger partial charge in [-0.2, -0.15) is 0 Å². The summed E-state index contributed by atoms with van der Waals surface area (Å²) in [5.74, 6) is 0.313. The van der Waals surface area contributed by atoms with E-state index < -0.39 is 0 Å². The minimum atomic E-state index is -0.291. The topological polar surface area (TPSA) is 39.2 Å². The Balaban J connectivity index is 1.96. The van der Waals surface area contributed by atoms with E-state index in [2.05, 4.69) is 6.92 Å². The zero-order chi connectivity index (χ0) is 15.5. The lowest BCUT2D eigenvalue weighted by Gasteiger charge is -2.09. The Bertz CT molecular complexity index is 654. The lowest BCUT2D eigenvalue weighted by atomic mass is 9.99. The number of carbonyl (C=O) groups is 1. The monoisotopic (exact) mass is 315 g/mol. The number of aromatic nitrogens is 1. The molecule has 1 aromatic heterocycles. The molecule has 1 heterocycles. The second-order valence-corrected chi connectivity index (χ2v) is 6.81. The molecule has 0 saturated heterocycles. The summed E-state index contributed by atoms with van der Waals surface area (Å²) >= 11 is 1.79. The number of benzene rings is 1. The minimum Gasteiger partial charge on any atom is -0.465 e. The molecule has 1 aliphatic carbocycles. The van der Waals surface area contributed by atoms with Gasteiger partial charge >= 0.3 is 5.97 Å². The molecule has 22 heavy (non-hydrogen) atoms. The van der Waals surface area contributed by atoms with Gasteiger partial charge in [0, 0.05) is 5.92 Å². The molecule has 1 aliphatic rings. The molecule has 0 amide bonds. The summed E-state index contributed by atoms with van der Waals surface area (Å²) in [5, 5.41) is 1.20. The van der Waals surface area contributed by atoms with Crippen LogP contribution in [0.5, 0.6) is 0 Å². The molecule has 0 radical (unpaired) electrons. The number of hydrogen-bond acceptors (Lipinski definition) is 4. The molecule has 1 saturated carbocycles. The fourth-order valence-corrected chi connectivity index (χ4v) is 4.18. The number of aryl methyl sites for hydroxylation is 1. The molecule has 2 aromatic rings. The van der Waals surface area contributed by atoms with Crippen molar-refractivity contribution in [1.82, 2.24) is 4.98 Å². The molecule has 3 rings (SSSR count). The van der Waals surface area contributed by atoms with Crippen LogP contribution in [0.15, 0.2) is 24.3 Å². The molecule has 0 N–H and O–H groups in total. The van der Waals surface area contributed by atoms with Crippen molar-refractivity contribution in [2.24, 2.45) is 0 Å². The highest BCUT2D eigenvalue weighted by molar-refractivity contribution is 7.15. The minimum absolute atomic E-state index is 0.291. The SMILES string of the molecule is CCc1nc(C2CCCC2)c(-c2ccc(C(=O)OC)cc2)s1. The van der Waals surface area contributed by atoms with E-state index in [-0.39, 0.29) is 5.97 Å². The summed E-state index contributed by atoms with van der Waals surface area (Å²) in [6.07, 6.45) is 6.10. The van der Waals surface area contributed by atoms with Gasteiger partial charge in [0.1, 0.15) is 0 Å². The number of carbonyl (C=O) groups excluding carboxylic acids is 1. The highest BCUT2D eigenvalue weighted by Gasteiger charge is 2.24. The molecular weight excluding hydrogens is 294 g/mol. The first-order valence-electron chi connectivity index (χ1n) is 7.91. The van der Waals surface area contributed by atoms with Crippen LogP contribution < -0.4 is 0 Å². The predicted molar refractivity (Wildman–Crippen MR) is 89.5 cm³/mol. The van der Waals surface area contributed by atoms with Crippen LogP contribution in [0.4, 0.5) is 0 Å². The third-order valence-electron chi connectivity index (χ3n) is 4.31. The van der Waals surface area contributed by atoms with Crippen molar-refractivity contribution >= 4 is 17.3 Å². The summed E-state index contributed by atoms with van der Waals surface area (Å²) in [7, 11) is 1.41. The van der Waals surface area contributed by atoms with E-state index in [1.54, 1.807) is 11.3 Å². The van der Waals surface area contributed by atoms with Crippen LogP contribution in [0.1, 0.15) is 59.6 Å². The van der Waals surface area contributed by atoms with Crippen LogP contribution in [0.25, 0.3) is 10.4 Å². The number of ether oxygens (including phenoxy) is 1. The van der Waals surface area contributed by atoms with E-state index in [0.717, 1.165) is 12.0 Å². The van der Waals surface area contributed by atoms with E-state index in [1.165, 1.54) is 48.4 Å². The van der Waals surface area contributed by atoms with E-state index in [9.17, 15) is 4.79 Å². The molecule has 0 aliphatic heterocycles. The summed E-state index contributed by atoms with van der Waals surface area (Å²) in [5.41, 5.74) is 3.02. The first-order chi connectivity index (χ1) is 10.7. The summed E-state index contributed by atoms with van der Waals surface area (Å²) in [6, 6.07) is 7.70. The molecule has 0 spiro atoms. The fourth-order valence-electron chi connectivity index (χ4n) is 3.09. The van der Waals surface area contributed by atoms with Gasteiger partial charge in [0.15, 0.2) is 0 Å². The van der Waals surface area contributed by atoms with E-state index in [0.29, 0.717) is 11.5 Å². The average molecular weight is 315 g/mol. The lowest BCUT2D eigenvalue weighted by molar-refractivity contribution is 0.0601. The molecule has 0 bridgehead atoms. The summed E-state index contributed by atoms with van der Waals surface area (Å²) < 4.78 is 4.76. The van der Waals surface area contributed by atoms with Crippen molar-refractivity contribution in [2.75, 3.05) is 7.11 Å². The predicted octanol–water partition coefficient (Wildman–Crippen LogP) is 4.82. The summed E-state index contributed by atoms with van der Waals surface area (Å²) in [4.78, 5) is 17.7. The number of thiazole rings is 1. The molecule has 4 heteroatoms. The molecule has 1 fully saturated rings. The van der Waals surface area contributed by atoms with Gasteiger partial charge in [-0.15, -0.1) is 11.3 Å². The maximum Gasteiger partial charge on any atom is 0.337 e. The zero-order valence-corrected chi connectivity index (χ0v) is 13.9. The fraction of sp³-hybridized carbons (Fsp3) is 0.444. The van der Waals surface area contributed by atoms with Crippen molar-refractivity contribution in [3.8, 4) is 10.4 Å². The maximum absolute atomic E-state index is 11.6. The quantitative estimate of drug-likeness (QED) is 0.760. The van der Waals surface area contributed by atoms with Crippen molar-refractivity contribution in [3.05, 3.63) is 40.5 Å². The Morgan fingerprint density at radius 3 is 2.55 bits per heavy atom. The number of nitrogens with zero attached hydrogens (tertiary/aromatic N) is 1. The first kappa shape index (κ1) is 15.2. The van der Waals surface area contributed by atoms with Gasteiger partial charge in [-0.05, 0) is 37.0 Å². The van der Waals surface area contributed by atoms with Gasteiger partial charge in [0.25, 0.3) is 0 Å². The Morgan fingerprint density at radius 2 is 1.95 bits per heavy atom. The number of esters is 1. The van der Waals surface area contributed by atoms with Crippen LogP contribution in [0.2, 0.25) is 0 Å². The smallest absolute Gasteiger partial charge is 0.337 e. The van der Waals surface area contributed by atoms with Crippen LogP contribution in [0, 0.1) is 0 Å². The Labute approximate surface area is 135 Å². The van der Waals surface area contributed by atoms with Crippen molar-refractivity contribution < 1.29 is 9.53 Å². The number of hydrogen-bond donors (Lipinski definition) is 0. The molecule has 1 aromatic carbocycles. The van der Waals surface area contributed by atoms with Crippen molar-refractivity contribution in [2.45, 2.75) is 44.9 Å². The first-order valence-corrected chi connectivity index (χ1v) is 8.73. The summed E-state index contributed by atoms with van der Waals surface area (Å²) in [6.45, 7) is 2.15. The highest BCUT2D eigenvalue weighted by Crippen LogP contribution is 2.41. The Kier molecular flexibility index (Phi) is 4.57. The molecule has 3 nitrogen and oxygen atoms in total. The van der Waals surface area contributed by atoms with Gasteiger partial charge in [-0.1, -0.05) is 31.9 Å². The van der Waals surface area contributed by atoms with E-state index in [1.807, 2.05) is 24.3 Å². The normalized spacial score (nSPS) is 15.2. The van der Waals surface area contributed by atoms with Crippen molar-refractivity contribution in [1.29, 1.82) is 0 Å². The standard InChI is InChI=1S/C18H21NO2S/c1-3-15-19-16(12-6-4-5-7-12)17(22-15)13-8-10-14(11-9-13)18(20)21-2/h8-12H,3-7H2,1-2H3. The van der Waals surface area contributed by atoms with Gasteiger partial charge in [-0.25, -0.2) is 9.78 Å². The zero-order valence-electron chi connectivity index (χ0n) is 13.1. The molecular formula is C18H21NO2S. The molecule has 116 valence electrons. The largest absolute Gasteiger partial charge is 0.465 e. The van der Waals surface area contributed by atoms with Crippen LogP contribution in [-0.2, 0) is 11.2 Å². The third-order valence-corrected chi connectivity index (χ3v) is 5.57. The van der Waals surface area contributed by atoms with Crippen molar-refractivity contribution in [3.63, 3.8) is 0 Å². The molecule has 0 atom stereocenters. The average Bonchev–Trinajstić information content (AvgIpc) is 3.23. The number of rotatable bonds is 4. The van der Waals surface area contributed by atoms with Gasteiger partial charge in [0.2, 0.25) is 0 Å². The molecule has 0 unspecified atom stereocenters. The second-order valence-electron chi connectivity index (χ2n) is 5.73. The van der Waals surface area contributed by atoms with Crippen LogP contribution in [-0.4, -0.2) is 18.1 Å².